The van der Waals surface area contributed by atoms with Crippen molar-refractivity contribution in [3.05, 3.63) is 0 Å². The summed E-state index contributed by atoms with van der Waals surface area (Å²) in [6.07, 6.45) is 4.69. The van der Waals surface area contributed by atoms with Crippen molar-refractivity contribution < 1.29 is 5.11 Å². The predicted octanol–water partition coefficient (Wildman–Crippen LogP) is -0.249. The Kier molecular flexibility index (Phi) is 9.05. The molecule has 0 bridgehead atoms. The number of hydrogen-bond donors (Lipinski definition) is 2. The molecule has 48 valence electrons. The molecule has 0 aromatic heterocycles. The number of terminal acetylenes is 1. The van der Waals surface area contributed by atoms with Crippen molar-refractivity contribution >= 4 is 12.4 Å². The van der Waals surface area contributed by atoms with Crippen LogP contribution in [0, 0.1) is 12.3 Å². The quantitative estimate of drug-likeness (QED) is 0.513. The topological polar surface area (TPSA) is 46.2 Å². The van der Waals surface area contributed by atoms with Crippen molar-refractivity contribution in [1.29, 1.82) is 0 Å². The van der Waals surface area contributed by atoms with E-state index in [1.165, 1.54) is 0 Å². The molecule has 0 aliphatic heterocycles. The molecule has 0 unspecified atom stereocenters. The van der Waals surface area contributed by atoms with Crippen LogP contribution in [-0.4, -0.2) is 17.8 Å². The van der Waals surface area contributed by atoms with E-state index < -0.39 is 6.10 Å². The van der Waals surface area contributed by atoms with Crippen molar-refractivity contribution in [2.45, 2.75) is 12.5 Å². The molecular formula is C5H10ClNO. The fourth-order valence-corrected chi connectivity index (χ4v) is 0.219. The van der Waals surface area contributed by atoms with Gasteiger partial charge in [-0.1, -0.05) is 0 Å². The number of rotatable bonds is 2. The van der Waals surface area contributed by atoms with Gasteiger partial charge >= 0.3 is 0 Å². The van der Waals surface area contributed by atoms with E-state index in [-0.39, 0.29) is 19.0 Å². The van der Waals surface area contributed by atoms with Crippen LogP contribution in [0.5, 0.6) is 0 Å². The summed E-state index contributed by atoms with van der Waals surface area (Å²) in [4.78, 5) is 0. The Morgan fingerprint density at radius 3 is 2.38 bits per heavy atom. The van der Waals surface area contributed by atoms with E-state index in [0.717, 1.165) is 0 Å². The van der Waals surface area contributed by atoms with E-state index in [2.05, 4.69) is 5.92 Å². The van der Waals surface area contributed by atoms with Crippen LogP contribution in [0.4, 0.5) is 0 Å². The molecule has 1 atom stereocenters. The molecule has 3 N–H and O–H groups in total. The molecule has 0 fully saturated rings. The fourth-order valence-electron chi connectivity index (χ4n) is 0.219. The Bertz CT molecular complexity index is 79.0. The molecule has 0 saturated heterocycles. The highest BCUT2D eigenvalue weighted by Gasteiger charge is 1.93. The lowest BCUT2D eigenvalue weighted by Gasteiger charge is -1.98. The zero-order valence-corrected chi connectivity index (χ0v) is 5.32. The monoisotopic (exact) mass is 135 g/mol. The largest absolute Gasteiger partial charge is 0.391 e. The van der Waals surface area contributed by atoms with Crippen LogP contribution in [0.1, 0.15) is 6.42 Å². The Morgan fingerprint density at radius 2 is 2.25 bits per heavy atom. The van der Waals surface area contributed by atoms with Crippen molar-refractivity contribution in [2.75, 3.05) is 6.54 Å². The third-order valence-corrected chi connectivity index (χ3v) is 0.626. The molecule has 0 aromatic carbocycles. The first-order valence-corrected chi connectivity index (χ1v) is 2.13. The highest BCUT2D eigenvalue weighted by atomic mass is 35.5. The summed E-state index contributed by atoms with van der Waals surface area (Å²) in [5.41, 5.74) is 5.01. The third-order valence-electron chi connectivity index (χ3n) is 0.626. The maximum absolute atomic E-state index is 8.59. The zero-order valence-electron chi connectivity index (χ0n) is 4.50. The van der Waals surface area contributed by atoms with Crippen LogP contribution in [0.2, 0.25) is 0 Å². The van der Waals surface area contributed by atoms with Gasteiger partial charge in [0.2, 0.25) is 0 Å². The first-order chi connectivity index (χ1) is 3.31. The van der Waals surface area contributed by atoms with Crippen LogP contribution in [-0.2, 0) is 0 Å². The van der Waals surface area contributed by atoms with Crippen LogP contribution < -0.4 is 5.73 Å². The average Bonchev–Trinajstić information content (AvgIpc) is 1.68. The average molecular weight is 136 g/mol. The second-order valence-electron chi connectivity index (χ2n) is 1.30. The number of hydrogen-bond acceptors (Lipinski definition) is 2. The minimum Gasteiger partial charge on any atom is -0.391 e. The number of aliphatic hydroxyl groups is 1. The molecule has 3 heteroatoms. The van der Waals surface area contributed by atoms with Crippen molar-refractivity contribution in [3.8, 4) is 12.3 Å². The molecule has 0 aliphatic rings. The highest BCUT2D eigenvalue weighted by molar-refractivity contribution is 5.85. The van der Waals surface area contributed by atoms with Gasteiger partial charge in [0.1, 0.15) is 0 Å². The van der Waals surface area contributed by atoms with E-state index in [0.29, 0.717) is 6.42 Å². The van der Waals surface area contributed by atoms with Gasteiger partial charge in [0.05, 0.1) is 6.10 Å². The molecule has 0 amide bonds. The minimum absolute atomic E-state index is 0. The summed E-state index contributed by atoms with van der Waals surface area (Å²) < 4.78 is 0. The van der Waals surface area contributed by atoms with Gasteiger partial charge in [0, 0.05) is 13.0 Å². The van der Waals surface area contributed by atoms with E-state index in [4.69, 9.17) is 17.3 Å². The van der Waals surface area contributed by atoms with Crippen LogP contribution in [0.15, 0.2) is 0 Å². The summed E-state index contributed by atoms with van der Waals surface area (Å²) in [5, 5.41) is 8.59. The first-order valence-electron chi connectivity index (χ1n) is 2.13. The Balaban J connectivity index is 0. The molecule has 0 spiro atoms. The summed E-state index contributed by atoms with van der Waals surface area (Å²) in [6, 6.07) is 0. The normalized spacial score (nSPS) is 11.1. The van der Waals surface area contributed by atoms with Gasteiger partial charge in [0.25, 0.3) is 0 Å². The lowest BCUT2D eigenvalue weighted by molar-refractivity contribution is 0.189. The van der Waals surface area contributed by atoms with Crippen LogP contribution >= 0.6 is 12.4 Å². The standard InChI is InChI=1S/C5H9NO.ClH/c1-2-3-5(7)4-6;/h1,5,7H,3-4,6H2;1H/t5-;/m0./s1. The molecule has 0 aromatic rings. The van der Waals surface area contributed by atoms with E-state index in [1.54, 1.807) is 0 Å². The molecule has 2 nitrogen and oxygen atoms in total. The smallest absolute Gasteiger partial charge is 0.0771 e. The summed E-state index contributed by atoms with van der Waals surface area (Å²) in [6.45, 7) is 0.254. The second-order valence-corrected chi connectivity index (χ2v) is 1.30. The van der Waals surface area contributed by atoms with E-state index in [1.807, 2.05) is 0 Å². The third kappa shape index (κ3) is 5.77. The molecular weight excluding hydrogens is 126 g/mol. The molecule has 0 heterocycles. The van der Waals surface area contributed by atoms with E-state index in [9.17, 15) is 0 Å². The lowest BCUT2D eigenvalue weighted by atomic mass is 10.3. The number of aliphatic hydroxyl groups excluding tert-OH is 1. The minimum atomic E-state index is -0.509. The van der Waals surface area contributed by atoms with Crippen LogP contribution in [0.25, 0.3) is 0 Å². The highest BCUT2D eigenvalue weighted by Crippen LogP contribution is 1.82. The summed E-state index contributed by atoms with van der Waals surface area (Å²) in [7, 11) is 0. The van der Waals surface area contributed by atoms with Gasteiger partial charge in [-0.2, -0.15) is 0 Å². The van der Waals surface area contributed by atoms with Gasteiger partial charge < -0.3 is 10.8 Å². The predicted molar refractivity (Wildman–Crippen MR) is 35.8 cm³/mol. The van der Waals surface area contributed by atoms with Gasteiger partial charge in [-0.05, 0) is 0 Å². The summed E-state index contributed by atoms with van der Waals surface area (Å²) in [5.74, 6) is 2.29. The van der Waals surface area contributed by atoms with E-state index >= 15 is 0 Å². The van der Waals surface area contributed by atoms with Gasteiger partial charge in [-0.3, -0.25) is 0 Å². The first kappa shape index (κ1) is 10.7. The molecule has 0 aliphatic carbocycles. The van der Waals surface area contributed by atoms with Crippen molar-refractivity contribution in [2.24, 2.45) is 5.73 Å². The molecule has 8 heavy (non-hydrogen) atoms. The fraction of sp³-hybridized carbons (Fsp3) is 0.600. The van der Waals surface area contributed by atoms with Gasteiger partial charge in [-0.25, -0.2) is 0 Å². The maximum Gasteiger partial charge on any atom is 0.0771 e. The molecule has 0 saturated carbocycles. The van der Waals surface area contributed by atoms with Crippen LogP contribution in [0.3, 0.4) is 0 Å². The number of halogens is 1. The van der Waals surface area contributed by atoms with Gasteiger partial charge in [0.15, 0.2) is 0 Å². The lowest BCUT2D eigenvalue weighted by Crippen LogP contribution is -2.18. The molecule has 0 rings (SSSR count). The number of nitrogens with two attached hydrogens (primary N) is 1. The van der Waals surface area contributed by atoms with Gasteiger partial charge in [-0.15, -0.1) is 24.8 Å². The second kappa shape index (κ2) is 6.77. The Labute approximate surface area is 55.5 Å². The maximum atomic E-state index is 8.59. The zero-order chi connectivity index (χ0) is 5.70. The SMILES string of the molecule is C#CC[C@H](O)CN.Cl. The summed E-state index contributed by atoms with van der Waals surface area (Å²) >= 11 is 0. The van der Waals surface area contributed by atoms with Crippen molar-refractivity contribution in [1.82, 2.24) is 0 Å². The Hall–Kier alpha value is -0.230. The van der Waals surface area contributed by atoms with Crippen molar-refractivity contribution in [3.63, 3.8) is 0 Å². The molecule has 0 radical (unpaired) electrons. The Morgan fingerprint density at radius 1 is 1.75 bits per heavy atom.